The van der Waals surface area contributed by atoms with Gasteiger partial charge in [0.25, 0.3) is 0 Å². The van der Waals surface area contributed by atoms with Crippen LogP contribution < -0.4 is 5.32 Å². The van der Waals surface area contributed by atoms with Gasteiger partial charge in [-0.25, -0.2) is 0 Å². The molecule has 0 spiro atoms. The van der Waals surface area contributed by atoms with Crippen LogP contribution in [-0.2, 0) is 0 Å². The second kappa shape index (κ2) is 5.32. The molecule has 1 atom stereocenters. The first-order valence-corrected chi connectivity index (χ1v) is 6.27. The van der Waals surface area contributed by atoms with Gasteiger partial charge in [0.15, 0.2) is 5.78 Å². The maximum atomic E-state index is 11.5. The SMILES string of the molecule is CCC(=O)c1ccc(NC2CCN(C)C2)cc1. The van der Waals surface area contributed by atoms with Crippen LogP contribution in [-0.4, -0.2) is 36.9 Å². The van der Waals surface area contributed by atoms with E-state index in [1.54, 1.807) is 0 Å². The van der Waals surface area contributed by atoms with E-state index in [0.29, 0.717) is 12.5 Å². The molecule has 1 fully saturated rings. The maximum absolute atomic E-state index is 11.5. The first-order valence-electron chi connectivity index (χ1n) is 6.27. The van der Waals surface area contributed by atoms with Crippen molar-refractivity contribution >= 4 is 11.5 Å². The van der Waals surface area contributed by atoms with Gasteiger partial charge in [-0.1, -0.05) is 6.92 Å². The molecule has 2 rings (SSSR count). The number of likely N-dealkylation sites (tertiary alicyclic amines) is 1. The summed E-state index contributed by atoms with van der Waals surface area (Å²) in [6.07, 6.45) is 1.76. The predicted octanol–water partition coefficient (Wildman–Crippen LogP) is 2.40. The summed E-state index contributed by atoms with van der Waals surface area (Å²) in [6, 6.07) is 8.36. The van der Waals surface area contributed by atoms with Crippen LogP contribution in [0.5, 0.6) is 0 Å². The van der Waals surface area contributed by atoms with Crippen molar-refractivity contribution in [2.45, 2.75) is 25.8 Å². The third-order valence-corrected chi connectivity index (χ3v) is 3.29. The Labute approximate surface area is 103 Å². The Morgan fingerprint density at radius 2 is 2.12 bits per heavy atom. The van der Waals surface area contributed by atoms with Crippen molar-refractivity contribution in [1.29, 1.82) is 0 Å². The third kappa shape index (κ3) is 3.07. The van der Waals surface area contributed by atoms with E-state index in [4.69, 9.17) is 0 Å². The molecule has 1 N–H and O–H groups in total. The number of rotatable bonds is 4. The lowest BCUT2D eigenvalue weighted by Gasteiger charge is -2.14. The van der Waals surface area contributed by atoms with Crippen molar-refractivity contribution in [3.63, 3.8) is 0 Å². The highest BCUT2D eigenvalue weighted by molar-refractivity contribution is 5.96. The fourth-order valence-electron chi connectivity index (χ4n) is 2.25. The van der Waals surface area contributed by atoms with Gasteiger partial charge in [-0.15, -0.1) is 0 Å². The molecule has 0 aromatic heterocycles. The molecular weight excluding hydrogens is 212 g/mol. The summed E-state index contributed by atoms with van der Waals surface area (Å²) in [7, 11) is 2.14. The van der Waals surface area contributed by atoms with E-state index in [9.17, 15) is 4.79 Å². The summed E-state index contributed by atoms with van der Waals surface area (Å²) >= 11 is 0. The lowest BCUT2D eigenvalue weighted by atomic mass is 10.1. The first kappa shape index (κ1) is 12.1. The predicted molar refractivity (Wildman–Crippen MR) is 70.6 cm³/mol. The van der Waals surface area contributed by atoms with Crippen LogP contribution in [0.3, 0.4) is 0 Å². The number of benzene rings is 1. The number of nitrogens with zero attached hydrogens (tertiary/aromatic N) is 1. The van der Waals surface area contributed by atoms with Gasteiger partial charge in [0.1, 0.15) is 0 Å². The van der Waals surface area contributed by atoms with Crippen molar-refractivity contribution in [3.05, 3.63) is 29.8 Å². The third-order valence-electron chi connectivity index (χ3n) is 3.29. The molecule has 1 aromatic rings. The number of carbonyl (C=O) groups excluding carboxylic acids is 1. The van der Waals surface area contributed by atoms with E-state index in [1.807, 2.05) is 31.2 Å². The standard InChI is InChI=1S/C14H20N2O/c1-3-14(17)11-4-6-12(7-5-11)15-13-8-9-16(2)10-13/h4-7,13,15H,3,8-10H2,1-2H3. The summed E-state index contributed by atoms with van der Waals surface area (Å²) in [4.78, 5) is 13.8. The number of hydrogen-bond acceptors (Lipinski definition) is 3. The van der Waals surface area contributed by atoms with Crippen LogP contribution in [0.2, 0.25) is 0 Å². The summed E-state index contributed by atoms with van der Waals surface area (Å²) in [5.74, 6) is 0.206. The number of Topliss-reactive ketones (excluding diaryl/α,β-unsaturated/α-hetero) is 1. The summed E-state index contributed by atoms with van der Waals surface area (Å²) in [5.41, 5.74) is 1.92. The number of hydrogen-bond donors (Lipinski definition) is 1. The quantitative estimate of drug-likeness (QED) is 0.809. The van der Waals surface area contributed by atoms with Gasteiger partial charge in [0.2, 0.25) is 0 Å². The second-order valence-corrected chi connectivity index (χ2v) is 4.75. The fraction of sp³-hybridized carbons (Fsp3) is 0.500. The number of likely N-dealkylation sites (N-methyl/N-ethyl adjacent to an activating group) is 1. The van der Waals surface area contributed by atoms with Gasteiger partial charge in [-0.2, -0.15) is 0 Å². The summed E-state index contributed by atoms with van der Waals surface area (Å²) in [6.45, 7) is 4.14. The largest absolute Gasteiger partial charge is 0.381 e. The van der Waals surface area contributed by atoms with Crippen LogP contribution >= 0.6 is 0 Å². The van der Waals surface area contributed by atoms with Crippen LogP contribution in [0.1, 0.15) is 30.1 Å². The van der Waals surface area contributed by atoms with E-state index < -0.39 is 0 Å². The fourth-order valence-corrected chi connectivity index (χ4v) is 2.25. The Balaban J connectivity index is 1.96. The number of carbonyl (C=O) groups is 1. The first-order chi connectivity index (χ1) is 8.19. The smallest absolute Gasteiger partial charge is 0.162 e. The molecular formula is C14H20N2O. The molecule has 1 aliphatic rings. The molecule has 1 unspecified atom stereocenters. The topological polar surface area (TPSA) is 32.3 Å². The van der Waals surface area contributed by atoms with E-state index in [1.165, 1.54) is 6.42 Å². The highest BCUT2D eigenvalue weighted by Crippen LogP contribution is 2.16. The molecule has 0 radical (unpaired) electrons. The van der Waals surface area contributed by atoms with Gasteiger partial charge < -0.3 is 10.2 Å². The van der Waals surface area contributed by atoms with Gasteiger partial charge in [0.05, 0.1) is 0 Å². The minimum Gasteiger partial charge on any atom is -0.381 e. The van der Waals surface area contributed by atoms with Gasteiger partial charge in [-0.05, 0) is 44.3 Å². The molecule has 3 heteroatoms. The van der Waals surface area contributed by atoms with Crippen molar-refractivity contribution in [3.8, 4) is 0 Å². The highest BCUT2D eigenvalue weighted by atomic mass is 16.1. The number of ketones is 1. The summed E-state index contributed by atoms with van der Waals surface area (Å²) in [5, 5.41) is 3.50. The molecule has 1 saturated heterocycles. The molecule has 1 aliphatic heterocycles. The van der Waals surface area contributed by atoms with E-state index in [-0.39, 0.29) is 5.78 Å². The van der Waals surface area contributed by atoms with E-state index in [0.717, 1.165) is 24.3 Å². The van der Waals surface area contributed by atoms with Gasteiger partial charge in [0, 0.05) is 30.3 Å². The van der Waals surface area contributed by atoms with Crippen molar-refractivity contribution in [2.75, 3.05) is 25.5 Å². The molecule has 1 heterocycles. The zero-order valence-electron chi connectivity index (χ0n) is 10.6. The molecule has 0 bridgehead atoms. The molecule has 1 aromatic carbocycles. The molecule has 0 aliphatic carbocycles. The Hall–Kier alpha value is -1.35. The van der Waals surface area contributed by atoms with E-state index in [2.05, 4.69) is 17.3 Å². The van der Waals surface area contributed by atoms with Gasteiger partial charge in [-0.3, -0.25) is 4.79 Å². The number of nitrogens with one attached hydrogen (secondary N) is 1. The Morgan fingerprint density at radius 3 is 2.65 bits per heavy atom. The minimum atomic E-state index is 0.206. The maximum Gasteiger partial charge on any atom is 0.162 e. The van der Waals surface area contributed by atoms with E-state index >= 15 is 0 Å². The highest BCUT2D eigenvalue weighted by Gasteiger charge is 2.18. The molecule has 3 nitrogen and oxygen atoms in total. The lowest BCUT2D eigenvalue weighted by molar-refractivity contribution is 0.0988. The van der Waals surface area contributed by atoms with Gasteiger partial charge >= 0.3 is 0 Å². The zero-order chi connectivity index (χ0) is 12.3. The zero-order valence-corrected chi connectivity index (χ0v) is 10.6. The summed E-state index contributed by atoms with van der Waals surface area (Å²) < 4.78 is 0. The molecule has 0 amide bonds. The normalized spacial score (nSPS) is 20.5. The molecule has 17 heavy (non-hydrogen) atoms. The average molecular weight is 232 g/mol. The second-order valence-electron chi connectivity index (χ2n) is 4.75. The van der Waals surface area contributed by atoms with Crippen LogP contribution in [0.25, 0.3) is 0 Å². The lowest BCUT2D eigenvalue weighted by Crippen LogP contribution is -2.23. The monoisotopic (exact) mass is 232 g/mol. The molecule has 0 saturated carbocycles. The minimum absolute atomic E-state index is 0.206. The number of anilines is 1. The average Bonchev–Trinajstić information content (AvgIpc) is 2.75. The Bertz CT molecular complexity index is 386. The van der Waals surface area contributed by atoms with Crippen molar-refractivity contribution in [2.24, 2.45) is 0 Å². The van der Waals surface area contributed by atoms with Crippen LogP contribution in [0, 0.1) is 0 Å². The molecule has 92 valence electrons. The van der Waals surface area contributed by atoms with Crippen LogP contribution in [0.15, 0.2) is 24.3 Å². The Kier molecular flexibility index (Phi) is 3.79. The van der Waals surface area contributed by atoms with Crippen LogP contribution in [0.4, 0.5) is 5.69 Å². The van der Waals surface area contributed by atoms with Crippen molar-refractivity contribution < 1.29 is 4.79 Å². The van der Waals surface area contributed by atoms with Crippen molar-refractivity contribution in [1.82, 2.24) is 4.90 Å². The Morgan fingerprint density at radius 1 is 1.41 bits per heavy atom.